The van der Waals surface area contributed by atoms with Crippen LogP contribution in [0.25, 0.3) is 0 Å². The third-order valence-electron chi connectivity index (χ3n) is 4.51. The number of nitrogens with zero attached hydrogens (tertiary/aromatic N) is 2. The van der Waals surface area contributed by atoms with E-state index in [1.807, 2.05) is 6.20 Å². The number of piperidine rings is 1. The highest BCUT2D eigenvalue weighted by Gasteiger charge is 2.24. The summed E-state index contributed by atoms with van der Waals surface area (Å²) in [6.45, 7) is 11.1. The van der Waals surface area contributed by atoms with Gasteiger partial charge in [0.25, 0.3) is 0 Å². The van der Waals surface area contributed by atoms with Crippen LogP contribution in [0.1, 0.15) is 51.3 Å². The summed E-state index contributed by atoms with van der Waals surface area (Å²) in [6.07, 6.45) is 5.89. The molecule has 3 heteroatoms. The molecule has 0 saturated carbocycles. The number of rotatable bonds is 6. The number of hydrogen-bond acceptors (Lipinski definition) is 3. The van der Waals surface area contributed by atoms with Gasteiger partial charge in [0, 0.05) is 25.3 Å². The van der Waals surface area contributed by atoms with Crippen LogP contribution >= 0.6 is 0 Å². The van der Waals surface area contributed by atoms with Crippen LogP contribution in [0.5, 0.6) is 0 Å². The van der Waals surface area contributed by atoms with Gasteiger partial charge in [-0.25, -0.2) is 0 Å². The van der Waals surface area contributed by atoms with Gasteiger partial charge in [-0.1, -0.05) is 19.9 Å². The van der Waals surface area contributed by atoms with Crippen molar-refractivity contribution in [3.8, 4) is 0 Å². The van der Waals surface area contributed by atoms with Crippen molar-refractivity contribution in [2.24, 2.45) is 5.92 Å². The standard InChI is InChI=1S/C17H29N3/c1-4-9-18-11-16-7-8-17(19-12-16)13-20-10-5-6-14(2)15(20)3/h7-8,12,14-15,18H,4-6,9-11,13H2,1-3H3. The zero-order valence-electron chi connectivity index (χ0n) is 13.2. The molecule has 1 saturated heterocycles. The molecule has 0 radical (unpaired) electrons. The van der Waals surface area contributed by atoms with Gasteiger partial charge in [-0.3, -0.25) is 9.88 Å². The summed E-state index contributed by atoms with van der Waals surface area (Å²) in [6, 6.07) is 5.08. The highest BCUT2D eigenvalue weighted by Crippen LogP contribution is 2.24. The van der Waals surface area contributed by atoms with Crippen LogP contribution < -0.4 is 5.32 Å². The maximum atomic E-state index is 4.63. The zero-order valence-corrected chi connectivity index (χ0v) is 13.2. The molecule has 20 heavy (non-hydrogen) atoms. The topological polar surface area (TPSA) is 28.2 Å². The van der Waals surface area contributed by atoms with E-state index in [2.05, 4.69) is 48.1 Å². The third kappa shape index (κ3) is 4.29. The fourth-order valence-corrected chi connectivity index (χ4v) is 2.91. The molecule has 1 fully saturated rings. The molecule has 1 aliphatic rings. The molecule has 1 aromatic heterocycles. The lowest BCUT2D eigenvalue weighted by Gasteiger charge is -2.37. The van der Waals surface area contributed by atoms with Crippen LogP contribution in [0.4, 0.5) is 0 Å². The molecule has 0 spiro atoms. The van der Waals surface area contributed by atoms with Crippen molar-refractivity contribution in [2.45, 2.75) is 59.2 Å². The summed E-state index contributed by atoms with van der Waals surface area (Å²) < 4.78 is 0. The molecule has 0 amide bonds. The monoisotopic (exact) mass is 275 g/mol. The van der Waals surface area contributed by atoms with Crippen molar-refractivity contribution in [1.82, 2.24) is 15.2 Å². The second-order valence-electron chi connectivity index (χ2n) is 6.17. The van der Waals surface area contributed by atoms with Crippen LogP contribution in [0.2, 0.25) is 0 Å². The van der Waals surface area contributed by atoms with E-state index in [9.17, 15) is 0 Å². The van der Waals surface area contributed by atoms with Crippen molar-refractivity contribution in [3.63, 3.8) is 0 Å². The van der Waals surface area contributed by atoms with Crippen molar-refractivity contribution in [2.75, 3.05) is 13.1 Å². The Morgan fingerprint density at radius 3 is 2.90 bits per heavy atom. The quantitative estimate of drug-likeness (QED) is 0.808. The lowest BCUT2D eigenvalue weighted by Crippen LogP contribution is -2.41. The molecular formula is C17H29N3. The second kappa shape index (κ2) is 7.75. The molecule has 2 rings (SSSR count). The minimum atomic E-state index is 0.677. The fraction of sp³-hybridized carbons (Fsp3) is 0.706. The summed E-state index contributed by atoms with van der Waals surface area (Å²) in [5, 5.41) is 3.41. The maximum Gasteiger partial charge on any atom is 0.0544 e. The van der Waals surface area contributed by atoms with Gasteiger partial charge in [0.1, 0.15) is 0 Å². The Kier molecular flexibility index (Phi) is 5.99. The zero-order chi connectivity index (χ0) is 14.4. The normalized spacial score (nSPS) is 23.9. The molecule has 1 N–H and O–H groups in total. The van der Waals surface area contributed by atoms with Crippen LogP contribution in [-0.4, -0.2) is 29.0 Å². The lowest BCUT2D eigenvalue weighted by molar-refractivity contribution is 0.105. The van der Waals surface area contributed by atoms with Crippen LogP contribution in [0, 0.1) is 5.92 Å². The number of pyridine rings is 1. The molecular weight excluding hydrogens is 246 g/mol. The predicted molar refractivity (Wildman–Crippen MR) is 84.5 cm³/mol. The lowest BCUT2D eigenvalue weighted by atomic mass is 9.92. The van der Waals surface area contributed by atoms with Crippen molar-refractivity contribution in [3.05, 3.63) is 29.6 Å². The van der Waals surface area contributed by atoms with E-state index in [4.69, 9.17) is 0 Å². The number of likely N-dealkylation sites (tertiary alicyclic amines) is 1. The average molecular weight is 275 g/mol. The van der Waals surface area contributed by atoms with Crippen LogP contribution in [0.3, 0.4) is 0 Å². The smallest absolute Gasteiger partial charge is 0.0544 e. The van der Waals surface area contributed by atoms with E-state index in [1.165, 1.54) is 37.1 Å². The number of hydrogen-bond donors (Lipinski definition) is 1. The van der Waals surface area contributed by atoms with Gasteiger partial charge in [-0.2, -0.15) is 0 Å². The van der Waals surface area contributed by atoms with Crippen LogP contribution in [-0.2, 0) is 13.1 Å². The molecule has 112 valence electrons. The Morgan fingerprint density at radius 1 is 1.35 bits per heavy atom. The second-order valence-corrected chi connectivity index (χ2v) is 6.17. The molecule has 1 aliphatic heterocycles. The maximum absolute atomic E-state index is 4.63. The molecule has 0 aromatic carbocycles. The molecule has 2 unspecified atom stereocenters. The van der Waals surface area contributed by atoms with E-state index in [0.29, 0.717) is 6.04 Å². The van der Waals surface area contributed by atoms with E-state index in [1.54, 1.807) is 0 Å². The number of aromatic nitrogens is 1. The first kappa shape index (κ1) is 15.5. The molecule has 3 nitrogen and oxygen atoms in total. The third-order valence-corrected chi connectivity index (χ3v) is 4.51. The van der Waals surface area contributed by atoms with Crippen molar-refractivity contribution >= 4 is 0 Å². The molecule has 0 aliphatic carbocycles. The van der Waals surface area contributed by atoms with Gasteiger partial charge in [0.15, 0.2) is 0 Å². The molecule has 2 atom stereocenters. The van der Waals surface area contributed by atoms with Gasteiger partial charge >= 0.3 is 0 Å². The molecule has 0 bridgehead atoms. The van der Waals surface area contributed by atoms with Gasteiger partial charge in [0.05, 0.1) is 5.69 Å². The molecule has 1 aromatic rings. The first-order chi connectivity index (χ1) is 9.70. The van der Waals surface area contributed by atoms with E-state index in [-0.39, 0.29) is 0 Å². The predicted octanol–water partition coefficient (Wildman–Crippen LogP) is 3.20. The minimum Gasteiger partial charge on any atom is -0.313 e. The summed E-state index contributed by atoms with van der Waals surface area (Å²) in [5.41, 5.74) is 2.48. The highest BCUT2D eigenvalue weighted by atomic mass is 15.2. The first-order valence-corrected chi connectivity index (χ1v) is 8.09. The largest absolute Gasteiger partial charge is 0.313 e. The number of nitrogens with one attached hydrogen (secondary N) is 1. The van der Waals surface area contributed by atoms with E-state index < -0.39 is 0 Å². The van der Waals surface area contributed by atoms with E-state index in [0.717, 1.165) is 25.6 Å². The first-order valence-electron chi connectivity index (χ1n) is 8.09. The highest BCUT2D eigenvalue weighted by molar-refractivity contribution is 5.14. The summed E-state index contributed by atoms with van der Waals surface area (Å²) in [4.78, 5) is 7.20. The Balaban J connectivity index is 1.86. The minimum absolute atomic E-state index is 0.677. The summed E-state index contributed by atoms with van der Waals surface area (Å²) in [7, 11) is 0. The Labute approximate surface area is 123 Å². The van der Waals surface area contributed by atoms with Gasteiger partial charge in [-0.15, -0.1) is 0 Å². The summed E-state index contributed by atoms with van der Waals surface area (Å²) in [5.74, 6) is 0.807. The van der Waals surface area contributed by atoms with E-state index >= 15 is 0 Å². The SMILES string of the molecule is CCCNCc1ccc(CN2CCCC(C)C2C)nc1. The fourth-order valence-electron chi connectivity index (χ4n) is 2.91. The summed E-state index contributed by atoms with van der Waals surface area (Å²) >= 11 is 0. The van der Waals surface area contributed by atoms with Crippen molar-refractivity contribution in [1.29, 1.82) is 0 Å². The molecule has 2 heterocycles. The van der Waals surface area contributed by atoms with Crippen molar-refractivity contribution < 1.29 is 0 Å². The average Bonchev–Trinajstić information content (AvgIpc) is 2.46. The van der Waals surface area contributed by atoms with Gasteiger partial charge in [-0.05, 0) is 56.8 Å². The Hall–Kier alpha value is -0.930. The Bertz CT molecular complexity index is 388. The van der Waals surface area contributed by atoms with Gasteiger partial charge < -0.3 is 5.32 Å². The van der Waals surface area contributed by atoms with Crippen LogP contribution in [0.15, 0.2) is 18.3 Å². The Morgan fingerprint density at radius 2 is 2.20 bits per heavy atom. The van der Waals surface area contributed by atoms with Gasteiger partial charge in [0.2, 0.25) is 0 Å².